The van der Waals surface area contributed by atoms with E-state index in [9.17, 15) is 9.59 Å². The van der Waals surface area contributed by atoms with E-state index in [1.165, 1.54) is 11.3 Å². The zero-order valence-electron chi connectivity index (χ0n) is 24.0. The lowest BCUT2D eigenvalue weighted by atomic mass is 10.1. The molecular formula is C30H36N10O2S. The van der Waals surface area contributed by atoms with Gasteiger partial charge in [0.25, 0.3) is 5.91 Å². The summed E-state index contributed by atoms with van der Waals surface area (Å²) in [5.74, 6) is 1.74. The maximum Gasteiger partial charge on any atom is 0.261 e. The Hall–Kier alpha value is -4.07. The topological polar surface area (TPSA) is 126 Å². The molecule has 3 aromatic heterocycles. The monoisotopic (exact) mass is 600 g/mol. The number of anilines is 2. The van der Waals surface area contributed by atoms with Crippen molar-refractivity contribution in [2.45, 2.75) is 12.5 Å². The Morgan fingerprint density at radius 3 is 2.49 bits per heavy atom. The molecule has 0 spiro atoms. The Labute approximate surface area is 254 Å². The van der Waals surface area contributed by atoms with Crippen molar-refractivity contribution < 1.29 is 9.59 Å². The molecule has 6 heterocycles. The van der Waals surface area contributed by atoms with Crippen molar-refractivity contribution in [1.82, 2.24) is 40.6 Å². The van der Waals surface area contributed by atoms with Crippen LogP contribution in [-0.2, 0) is 4.79 Å². The number of carbonyl (C=O) groups excluding carboxylic acids is 2. The SMILES string of the molecule is O=C(NC1CCN(CC(=O)N2CCN(c3ccc(-c4ncccn4)cc3)CC2)C1)c1cc2c(N3CCNCC3)n[nH]c2s1. The number of hydrogen-bond donors (Lipinski definition) is 3. The normalized spacial score (nSPS) is 19.7. The van der Waals surface area contributed by atoms with Gasteiger partial charge in [0.05, 0.1) is 16.8 Å². The molecule has 3 saturated heterocycles. The van der Waals surface area contributed by atoms with Gasteiger partial charge in [-0.05, 0) is 42.8 Å². The second kappa shape index (κ2) is 12.3. The lowest BCUT2D eigenvalue weighted by Gasteiger charge is -2.36. The predicted molar refractivity (Wildman–Crippen MR) is 168 cm³/mol. The first-order valence-corrected chi connectivity index (χ1v) is 15.8. The summed E-state index contributed by atoms with van der Waals surface area (Å²) in [5.41, 5.74) is 2.13. The number of nitrogens with zero attached hydrogens (tertiary/aromatic N) is 7. The molecule has 0 bridgehead atoms. The van der Waals surface area contributed by atoms with Crippen molar-refractivity contribution in [3.8, 4) is 11.4 Å². The number of aromatic amines is 1. The fourth-order valence-corrected chi connectivity index (χ4v) is 7.06. The number of fused-ring (bicyclic) bond motifs is 1. The van der Waals surface area contributed by atoms with E-state index < -0.39 is 0 Å². The average molecular weight is 601 g/mol. The van der Waals surface area contributed by atoms with Crippen LogP contribution in [0.2, 0.25) is 0 Å². The molecule has 3 fully saturated rings. The lowest BCUT2D eigenvalue weighted by molar-refractivity contribution is -0.132. The van der Waals surface area contributed by atoms with Gasteiger partial charge in [0.1, 0.15) is 4.83 Å². The second-order valence-electron chi connectivity index (χ2n) is 11.3. The fraction of sp³-hybridized carbons (Fsp3) is 0.433. The van der Waals surface area contributed by atoms with Crippen LogP contribution >= 0.6 is 11.3 Å². The summed E-state index contributed by atoms with van der Waals surface area (Å²) < 4.78 is 0. The van der Waals surface area contributed by atoms with E-state index in [-0.39, 0.29) is 17.9 Å². The van der Waals surface area contributed by atoms with Crippen LogP contribution in [0.1, 0.15) is 16.1 Å². The number of likely N-dealkylation sites (tertiary alicyclic amines) is 1. The van der Waals surface area contributed by atoms with Crippen LogP contribution in [0.4, 0.5) is 11.5 Å². The summed E-state index contributed by atoms with van der Waals surface area (Å²) in [6.07, 6.45) is 4.34. The Bertz CT molecular complexity index is 1560. The summed E-state index contributed by atoms with van der Waals surface area (Å²) in [6, 6.07) is 12.1. The van der Waals surface area contributed by atoms with Crippen LogP contribution in [0.5, 0.6) is 0 Å². The van der Waals surface area contributed by atoms with Crippen molar-refractivity contribution in [3.05, 3.63) is 53.7 Å². The third-order valence-electron chi connectivity index (χ3n) is 8.53. The molecular weight excluding hydrogens is 564 g/mol. The van der Waals surface area contributed by atoms with Gasteiger partial charge in [0, 0.05) is 95.1 Å². The number of thiophene rings is 1. The first-order chi connectivity index (χ1) is 21.1. The summed E-state index contributed by atoms with van der Waals surface area (Å²) in [4.78, 5) is 45.2. The van der Waals surface area contributed by atoms with Crippen molar-refractivity contribution in [3.63, 3.8) is 0 Å². The van der Waals surface area contributed by atoms with E-state index in [2.05, 4.69) is 57.6 Å². The standard InChI is InChI=1S/C30H36N10O2S/c41-26(39-16-14-38(15-17-39)23-4-2-21(3-5-23)27-32-7-1-8-33-27)20-37-11-6-22(19-37)34-29(42)25-18-24-28(35-36-30(24)43-25)40-12-9-31-10-13-40/h1-5,7-8,18,22,31H,6,9-17,19-20H2,(H,34,42)(H,35,36). The number of amides is 2. The molecule has 3 N–H and O–H groups in total. The molecule has 12 nitrogen and oxygen atoms in total. The van der Waals surface area contributed by atoms with E-state index in [1.54, 1.807) is 12.4 Å². The molecule has 1 unspecified atom stereocenters. The Morgan fingerprint density at radius 1 is 0.953 bits per heavy atom. The van der Waals surface area contributed by atoms with Crippen LogP contribution in [0.3, 0.4) is 0 Å². The molecule has 2 amide bonds. The zero-order chi connectivity index (χ0) is 29.2. The summed E-state index contributed by atoms with van der Waals surface area (Å²) in [6.45, 7) is 8.55. The minimum atomic E-state index is -0.0560. The van der Waals surface area contributed by atoms with Crippen LogP contribution in [0.15, 0.2) is 48.8 Å². The smallest absolute Gasteiger partial charge is 0.261 e. The number of nitrogens with one attached hydrogen (secondary N) is 3. The quantitative estimate of drug-likeness (QED) is 0.290. The predicted octanol–water partition coefficient (Wildman–Crippen LogP) is 1.64. The van der Waals surface area contributed by atoms with Gasteiger partial charge in [-0.1, -0.05) is 0 Å². The molecule has 7 rings (SSSR count). The van der Waals surface area contributed by atoms with E-state index in [0.29, 0.717) is 31.1 Å². The highest BCUT2D eigenvalue weighted by Crippen LogP contribution is 2.31. The lowest BCUT2D eigenvalue weighted by Crippen LogP contribution is -2.51. The van der Waals surface area contributed by atoms with Gasteiger partial charge in [-0.2, -0.15) is 5.10 Å². The number of hydrogen-bond acceptors (Lipinski definition) is 10. The number of benzene rings is 1. The van der Waals surface area contributed by atoms with Crippen molar-refractivity contribution in [1.29, 1.82) is 0 Å². The summed E-state index contributed by atoms with van der Waals surface area (Å²) >= 11 is 1.45. The van der Waals surface area contributed by atoms with Crippen LogP contribution in [0.25, 0.3) is 21.6 Å². The molecule has 0 saturated carbocycles. The number of piperazine rings is 2. The fourth-order valence-electron chi connectivity index (χ4n) is 6.16. The Morgan fingerprint density at radius 2 is 1.72 bits per heavy atom. The maximum atomic E-state index is 13.1. The summed E-state index contributed by atoms with van der Waals surface area (Å²) in [7, 11) is 0. The third kappa shape index (κ3) is 6.05. The molecule has 0 aliphatic carbocycles. The molecule has 224 valence electrons. The van der Waals surface area contributed by atoms with Gasteiger partial charge in [0.2, 0.25) is 5.91 Å². The minimum absolute atomic E-state index is 0.0348. The molecule has 13 heteroatoms. The molecule has 1 aromatic carbocycles. The highest BCUT2D eigenvalue weighted by Gasteiger charge is 2.29. The van der Waals surface area contributed by atoms with Gasteiger partial charge in [-0.25, -0.2) is 9.97 Å². The molecule has 43 heavy (non-hydrogen) atoms. The van der Waals surface area contributed by atoms with Gasteiger partial charge in [-0.3, -0.25) is 19.6 Å². The van der Waals surface area contributed by atoms with E-state index >= 15 is 0 Å². The first kappa shape index (κ1) is 27.7. The van der Waals surface area contributed by atoms with Crippen molar-refractivity contribution >= 4 is 44.9 Å². The maximum absolute atomic E-state index is 13.1. The van der Waals surface area contributed by atoms with E-state index in [1.807, 2.05) is 29.2 Å². The van der Waals surface area contributed by atoms with Crippen LogP contribution in [0, 0.1) is 0 Å². The molecule has 3 aliphatic heterocycles. The highest BCUT2D eigenvalue weighted by atomic mass is 32.1. The van der Waals surface area contributed by atoms with Crippen LogP contribution < -0.4 is 20.4 Å². The van der Waals surface area contributed by atoms with E-state index in [0.717, 1.165) is 85.3 Å². The number of rotatable bonds is 7. The first-order valence-electron chi connectivity index (χ1n) is 15.0. The van der Waals surface area contributed by atoms with Gasteiger partial charge in [0.15, 0.2) is 11.6 Å². The minimum Gasteiger partial charge on any atom is -0.368 e. The van der Waals surface area contributed by atoms with Gasteiger partial charge in [-0.15, -0.1) is 11.3 Å². The van der Waals surface area contributed by atoms with Crippen molar-refractivity contribution in [2.75, 3.05) is 81.8 Å². The largest absolute Gasteiger partial charge is 0.368 e. The summed E-state index contributed by atoms with van der Waals surface area (Å²) in [5, 5.41) is 15.2. The van der Waals surface area contributed by atoms with E-state index in [4.69, 9.17) is 0 Å². The van der Waals surface area contributed by atoms with Gasteiger partial charge >= 0.3 is 0 Å². The molecule has 3 aliphatic rings. The number of carbonyl (C=O) groups is 2. The van der Waals surface area contributed by atoms with Crippen molar-refractivity contribution in [2.24, 2.45) is 0 Å². The highest BCUT2D eigenvalue weighted by molar-refractivity contribution is 7.20. The number of aromatic nitrogens is 4. The van der Waals surface area contributed by atoms with Gasteiger partial charge < -0.3 is 25.3 Å². The van der Waals surface area contributed by atoms with Crippen LogP contribution in [-0.4, -0.2) is 120 Å². The zero-order valence-corrected chi connectivity index (χ0v) is 24.9. The second-order valence-corrected chi connectivity index (χ2v) is 12.4. The molecule has 4 aromatic rings. The molecule has 0 radical (unpaired) electrons. The average Bonchev–Trinajstić information content (AvgIpc) is 3.79. The molecule has 1 atom stereocenters. The Balaban J connectivity index is 0.874. The Kier molecular flexibility index (Phi) is 7.92. The third-order valence-corrected chi connectivity index (χ3v) is 9.57. The number of H-pyrrole nitrogens is 1.